The lowest BCUT2D eigenvalue weighted by atomic mass is 10.1. The summed E-state index contributed by atoms with van der Waals surface area (Å²) < 4.78 is 0. The lowest BCUT2D eigenvalue weighted by Crippen LogP contribution is -1.74. The first-order valence-electron chi connectivity index (χ1n) is 4.32. The van der Waals surface area contributed by atoms with E-state index in [1.54, 1.807) is 0 Å². The normalized spacial score (nSPS) is 10.5. The highest BCUT2D eigenvalue weighted by molar-refractivity contribution is 9.09. The van der Waals surface area contributed by atoms with Gasteiger partial charge in [-0.15, -0.1) is 0 Å². The van der Waals surface area contributed by atoms with Crippen molar-refractivity contribution in [2.75, 3.05) is 5.33 Å². The fourth-order valence-electron chi connectivity index (χ4n) is 1.03. The molecule has 0 heterocycles. The summed E-state index contributed by atoms with van der Waals surface area (Å²) >= 11 is 3.38. The van der Waals surface area contributed by atoms with E-state index in [2.05, 4.69) is 58.9 Å². The molecule has 0 saturated heterocycles. The van der Waals surface area contributed by atoms with Crippen molar-refractivity contribution in [3.8, 4) is 0 Å². The molecule has 0 atom stereocenters. The molecule has 0 spiro atoms. The first-order chi connectivity index (χ1) is 6.36. The Morgan fingerprint density at radius 1 is 1.15 bits per heavy atom. The van der Waals surface area contributed by atoms with E-state index in [4.69, 9.17) is 0 Å². The van der Waals surface area contributed by atoms with E-state index in [0.29, 0.717) is 0 Å². The van der Waals surface area contributed by atoms with Gasteiger partial charge < -0.3 is 0 Å². The van der Waals surface area contributed by atoms with Crippen LogP contribution in [0.4, 0.5) is 0 Å². The Labute approximate surface area is 88.1 Å². The maximum Gasteiger partial charge on any atom is 0.00660 e. The fraction of sp³-hybridized carbons (Fsp3) is 0.167. The van der Waals surface area contributed by atoms with Crippen LogP contribution in [0.5, 0.6) is 0 Å². The number of alkyl halides is 1. The molecule has 0 aliphatic rings. The van der Waals surface area contributed by atoms with E-state index in [0.717, 1.165) is 17.3 Å². The summed E-state index contributed by atoms with van der Waals surface area (Å²) in [4.78, 5) is 0. The molecule has 0 N–H and O–H groups in total. The van der Waals surface area contributed by atoms with E-state index in [-0.39, 0.29) is 0 Å². The van der Waals surface area contributed by atoms with E-state index < -0.39 is 0 Å². The van der Waals surface area contributed by atoms with Crippen LogP contribution in [-0.2, 0) is 0 Å². The lowest BCUT2D eigenvalue weighted by molar-refractivity contribution is 1.27. The van der Waals surface area contributed by atoms with Crippen LogP contribution in [0.15, 0.2) is 36.9 Å². The van der Waals surface area contributed by atoms with Crippen LogP contribution in [0, 0.1) is 0 Å². The molecule has 0 aromatic heterocycles. The van der Waals surface area contributed by atoms with Gasteiger partial charge in [-0.1, -0.05) is 65.0 Å². The molecule has 0 nitrogen and oxygen atoms in total. The van der Waals surface area contributed by atoms with Crippen LogP contribution in [0.25, 0.3) is 12.2 Å². The fourth-order valence-corrected chi connectivity index (χ4v) is 1.29. The van der Waals surface area contributed by atoms with Gasteiger partial charge >= 0.3 is 0 Å². The zero-order chi connectivity index (χ0) is 9.52. The summed E-state index contributed by atoms with van der Waals surface area (Å²) in [5, 5.41) is 1.02. The van der Waals surface area contributed by atoms with Crippen molar-refractivity contribution in [3.05, 3.63) is 48.0 Å². The highest BCUT2D eigenvalue weighted by atomic mass is 79.9. The van der Waals surface area contributed by atoms with Gasteiger partial charge in [0.15, 0.2) is 0 Å². The minimum absolute atomic E-state index is 1.02. The summed E-state index contributed by atoms with van der Waals surface area (Å²) in [7, 11) is 0. The number of benzene rings is 1. The van der Waals surface area contributed by atoms with Crippen molar-refractivity contribution in [2.45, 2.75) is 6.42 Å². The highest BCUT2D eigenvalue weighted by Gasteiger charge is 1.86. The third-order valence-corrected chi connectivity index (χ3v) is 2.22. The van der Waals surface area contributed by atoms with Crippen LogP contribution in [0.3, 0.4) is 0 Å². The van der Waals surface area contributed by atoms with Crippen molar-refractivity contribution in [1.82, 2.24) is 0 Å². The molecular weight excluding hydrogens is 224 g/mol. The first kappa shape index (κ1) is 10.3. The molecule has 1 heteroatoms. The number of hydrogen-bond acceptors (Lipinski definition) is 0. The van der Waals surface area contributed by atoms with Gasteiger partial charge in [-0.05, 0) is 17.5 Å². The van der Waals surface area contributed by atoms with Gasteiger partial charge in [0.05, 0.1) is 0 Å². The van der Waals surface area contributed by atoms with Crippen molar-refractivity contribution in [1.29, 1.82) is 0 Å². The lowest BCUT2D eigenvalue weighted by Gasteiger charge is -1.94. The number of allylic oxidation sites excluding steroid dienone is 1. The SMILES string of the molecule is C=Cc1ccc(C=CCCBr)cc1. The molecule has 0 aliphatic carbocycles. The van der Waals surface area contributed by atoms with E-state index in [1.807, 2.05) is 6.08 Å². The molecule has 0 unspecified atom stereocenters. The second-order valence-electron chi connectivity index (χ2n) is 2.75. The number of halogens is 1. The van der Waals surface area contributed by atoms with Crippen LogP contribution in [0.1, 0.15) is 17.5 Å². The van der Waals surface area contributed by atoms with Gasteiger partial charge in [-0.3, -0.25) is 0 Å². The molecule has 0 radical (unpaired) electrons. The van der Waals surface area contributed by atoms with E-state index in [1.165, 1.54) is 5.56 Å². The van der Waals surface area contributed by atoms with Crippen molar-refractivity contribution in [3.63, 3.8) is 0 Å². The third-order valence-electron chi connectivity index (χ3n) is 1.76. The van der Waals surface area contributed by atoms with Crippen molar-refractivity contribution >= 4 is 28.1 Å². The molecule has 1 aromatic carbocycles. The minimum Gasteiger partial charge on any atom is -0.0985 e. The van der Waals surface area contributed by atoms with Crippen LogP contribution in [-0.4, -0.2) is 5.33 Å². The molecule has 0 amide bonds. The summed E-state index contributed by atoms with van der Waals surface area (Å²) in [6.45, 7) is 3.71. The molecular formula is C12H13Br. The average Bonchev–Trinajstić information content (AvgIpc) is 2.19. The maximum absolute atomic E-state index is 3.71. The summed E-state index contributed by atoms with van der Waals surface area (Å²) in [5.41, 5.74) is 2.41. The molecule has 0 aliphatic heterocycles. The second kappa shape index (κ2) is 5.76. The van der Waals surface area contributed by atoms with E-state index in [9.17, 15) is 0 Å². The second-order valence-corrected chi connectivity index (χ2v) is 3.54. The van der Waals surface area contributed by atoms with Gasteiger partial charge in [0.2, 0.25) is 0 Å². The Bertz CT molecular complexity index is 282. The van der Waals surface area contributed by atoms with Crippen LogP contribution >= 0.6 is 15.9 Å². The predicted molar refractivity (Wildman–Crippen MR) is 64.0 cm³/mol. The van der Waals surface area contributed by atoms with Gasteiger partial charge in [0.25, 0.3) is 0 Å². The molecule has 0 saturated carbocycles. The van der Waals surface area contributed by atoms with Gasteiger partial charge in [0, 0.05) is 5.33 Å². The maximum atomic E-state index is 3.71. The Kier molecular flexibility index (Phi) is 4.55. The summed E-state index contributed by atoms with van der Waals surface area (Å²) in [5.74, 6) is 0. The first-order valence-corrected chi connectivity index (χ1v) is 5.44. The molecule has 1 rings (SSSR count). The molecule has 0 fully saturated rings. The number of rotatable bonds is 4. The summed E-state index contributed by atoms with van der Waals surface area (Å²) in [6, 6.07) is 8.34. The highest BCUT2D eigenvalue weighted by Crippen LogP contribution is 2.07. The number of hydrogen-bond donors (Lipinski definition) is 0. The van der Waals surface area contributed by atoms with Crippen LogP contribution < -0.4 is 0 Å². The quantitative estimate of drug-likeness (QED) is 0.690. The van der Waals surface area contributed by atoms with Crippen LogP contribution in [0.2, 0.25) is 0 Å². The Hall–Kier alpha value is -0.820. The Morgan fingerprint density at radius 2 is 1.77 bits per heavy atom. The minimum atomic E-state index is 1.02. The zero-order valence-electron chi connectivity index (χ0n) is 7.54. The zero-order valence-corrected chi connectivity index (χ0v) is 9.13. The standard InChI is InChI=1S/C12H13Br/c1-2-11-6-8-12(9-7-11)5-3-4-10-13/h2-3,5-9H,1,4,10H2. The molecule has 68 valence electrons. The molecule has 1 aromatic rings. The molecule has 13 heavy (non-hydrogen) atoms. The topological polar surface area (TPSA) is 0 Å². The van der Waals surface area contributed by atoms with Crippen molar-refractivity contribution in [2.24, 2.45) is 0 Å². The third kappa shape index (κ3) is 3.60. The van der Waals surface area contributed by atoms with Gasteiger partial charge in [-0.25, -0.2) is 0 Å². The summed E-state index contributed by atoms with van der Waals surface area (Å²) in [6.07, 6.45) is 7.22. The van der Waals surface area contributed by atoms with Gasteiger partial charge in [-0.2, -0.15) is 0 Å². The van der Waals surface area contributed by atoms with Crippen molar-refractivity contribution < 1.29 is 0 Å². The van der Waals surface area contributed by atoms with Gasteiger partial charge in [0.1, 0.15) is 0 Å². The monoisotopic (exact) mass is 236 g/mol. The molecule has 0 bridgehead atoms. The largest absolute Gasteiger partial charge is 0.0985 e. The Morgan fingerprint density at radius 3 is 2.31 bits per heavy atom. The van der Waals surface area contributed by atoms with E-state index >= 15 is 0 Å². The smallest absolute Gasteiger partial charge is 0.00660 e. The predicted octanol–water partition coefficient (Wildman–Crippen LogP) is 4.13. The average molecular weight is 237 g/mol. The Balaban J connectivity index is 2.63.